The summed E-state index contributed by atoms with van der Waals surface area (Å²) in [7, 11) is 0. The molecule has 1 aromatic heterocycles. The second-order valence-corrected chi connectivity index (χ2v) is 4.84. The topological polar surface area (TPSA) is 116 Å². The van der Waals surface area contributed by atoms with Crippen LogP contribution < -0.4 is 5.32 Å². The zero-order valence-electron chi connectivity index (χ0n) is 11.8. The first kappa shape index (κ1) is 15.9. The van der Waals surface area contributed by atoms with Crippen LogP contribution in [0.15, 0.2) is 0 Å². The van der Waals surface area contributed by atoms with Crippen molar-refractivity contribution in [3.8, 4) is 0 Å². The van der Waals surface area contributed by atoms with E-state index in [0.717, 1.165) is 4.68 Å². The molecule has 0 aliphatic carbocycles. The summed E-state index contributed by atoms with van der Waals surface area (Å²) >= 11 is 0. The second kappa shape index (κ2) is 6.33. The van der Waals surface area contributed by atoms with E-state index in [1.54, 1.807) is 27.7 Å². The van der Waals surface area contributed by atoms with Crippen LogP contribution in [0.3, 0.4) is 0 Å². The summed E-state index contributed by atoms with van der Waals surface area (Å²) in [6.07, 6.45) is -0.792. The number of carboxylic acid groups (broad SMARTS) is 1. The van der Waals surface area contributed by atoms with Crippen LogP contribution in [0.4, 0.5) is 10.6 Å². The number of aromatic nitrogens is 3. The van der Waals surface area contributed by atoms with E-state index < -0.39 is 17.7 Å². The van der Waals surface area contributed by atoms with Crippen LogP contribution in [-0.2, 0) is 16.2 Å². The number of nitrogens with zero attached hydrogens (tertiary/aromatic N) is 3. The molecule has 0 aliphatic heterocycles. The van der Waals surface area contributed by atoms with Gasteiger partial charge in [-0.15, -0.1) is 5.10 Å². The van der Waals surface area contributed by atoms with Crippen molar-refractivity contribution in [3.63, 3.8) is 0 Å². The van der Waals surface area contributed by atoms with Crippen LogP contribution in [0.2, 0.25) is 0 Å². The molecule has 0 radical (unpaired) electrons. The van der Waals surface area contributed by atoms with Crippen molar-refractivity contribution in [3.05, 3.63) is 5.69 Å². The Morgan fingerprint density at radius 3 is 2.55 bits per heavy atom. The first-order valence-electron chi connectivity index (χ1n) is 5.99. The predicted molar refractivity (Wildman–Crippen MR) is 68.5 cm³/mol. The van der Waals surface area contributed by atoms with Gasteiger partial charge in [-0.25, -0.2) is 14.3 Å². The summed E-state index contributed by atoms with van der Waals surface area (Å²) in [5.74, 6) is -1.39. The van der Waals surface area contributed by atoms with Crippen LogP contribution in [0, 0.1) is 0 Å². The number of carbonyl (C=O) groups is 2. The van der Waals surface area contributed by atoms with Crippen molar-refractivity contribution in [2.75, 3.05) is 11.9 Å². The lowest BCUT2D eigenvalue weighted by molar-refractivity contribution is 0.0624. The SMILES string of the molecule is CCOCn1nnc(C(=O)O)c1NC(=O)OC(C)(C)C. The molecule has 0 bridgehead atoms. The summed E-state index contributed by atoms with van der Waals surface area (Å²) in [5.41, 5.74) is -1.08. The van der Waals surface area contributed by atoms with Gasteiger partial charge in [0, 0.05) is 6.61 Å². The van der Waals surface area contributed by atoms with E-state index in [2.05, 4.69) is 15.6 Å². The molecule has 2 N–H and O–H groups in total. The average molecular weight is 286 g/mol. The van der Waals surface area contributed by atoms with Crippen molar-refractivity contribution in [2.45, 2.75) is 40.0 Å². The summed E-state index contributed by atoms with van der Waals surface area (Å²) in [6.45, 7) is 7.24. The molecule has 112 valence electrons. The maximum absolute atomic E-state index is 11.7. The van der Waals surface area contributed by atoms with Gasteiger partial charge in [-0.1, -0.05) is 5.21 Å². The summed E-state index contributed by atoms with van der Waals surface area (Å²) < 4.78 is 11.3. The van der Waals surface area contributed by atoms with E-state index in [4.69, 9.17) is 14.6 Å². The maximum atomic E-state index is 11.7. The van der Waals surface area contributed by atoms with Gasteiger partial charge in [-0.2, -0.15) is 0 Å². The Morgan fingerprint density at radius 2 is 2.05 bits per heavy atom. The van der Waals surface area contributed by atoms with Crippen molar-refractivity contribution in [1.82, 2.24) is 15.0 Å². The Balaban J connectivity index is 2.92. The first-order valence-corrected chi connectivity index (χ1v) is 5.99. The molecule has 0 fully saturated rings. The molecule has 20 heavy (non-hydrogen) atoms. The minimum atomic E-state index is -1.31. The van der Waals surface area contributed by atoms with Gasteiger partial charge in [-0.3, -0.25) is 5.32 Å². The standard InChI is InChI=1S/C11H18N4O5/c1-5-19-6-15-8(7(9(16)17)13-14-15)12-10(18)20-11(2,3)4/h5-6H2,1-4H3,(H,12,18)(H,16,17). The largest absolute Gasteiger partial charge is 0.476 e. The predicted octanol–water partition coefficient (Wildman–Crippen LogP) is 1.32. The molecule has 0 aliphatic rings. The van der Waals surface area contributed by atoms with Crippen LogP contribution in [0.1, 0.15) is 38.2 Å². The molecule has 0 saturated heterocycles. The Kier molecular flexibility index (Phi) is 5.03. The number of carbonyl (C=O) groups excluding carboxylic acids is 1. The van der Waals surface area contributed by atoms with E-state index in [1.165, 1.54) is 0 Å². The van der Waals surface area contributed by atoms with Crippen LogP contribution in [0.25, 0.3) is 0 Å². The van der Waals surface area contributed by atoms with Gasteiger partial charge in [0.05, 0.1) is 0 Å². The summed E-state index contributed by atoms with van der Waals surface area (Å²) in [6, 6.07) is 0. The number of nitrogens with one attached hydrogen (secondary N) is 1. The third kappa shape index (κ3) is 4.50. The molecule has 1 amide bonds. The van der Waals surface area contributed by atoms with Crippen molar-refractivity contribution >= 4 is 17.9 Å². The average Bonchev–Trinajstić information content (AvgIpc) is 2.66. The minimum absolute atomic E-state index is 0.0259. The molecular weight excluding hydrogens is 268 g/mol. The quantitative estimate of drug-likeness (QED) is 0.838. The molecule has 0 saturated carbocycles. The maximum Gasteiger partial charge on any atom is 0.413 e. The Labute approximate surface area is 115 Å². The highest BCUT2D eigenvalue weighted by atomic mass is 16.6. The molecule has 1 rings (SSSR count). The van der Waals surface area contributed by atoms with E-state index in [9.17, 15) is 9.59 Å². The molecule has 9 heteroatoms. The van der Waals surface area contributed by atoms with Crippen molar-refractivity contribution in [2.24, 2.45) is 0 Å². The Bertz CT molecular complexity index is 491. The summed E-state index contributed by atoms with van der Waals surface area (Å²) in [5, 5.41) is 18.4. The molecule has 9 nitrogen and oxygen atoms in total. The normalized spacial score (nSPS) is 11.2. The summed E-state index contributed by atoms with van der Waals surface area (Å²) in [4.78, 5) is 22.7. The zero-order chi connectivity index (χ0) is 15.3. The van der Waals surface area contributed by atoms with E-state index in [1.807, 2.05) is 0 Å². The van der Waals surface area contributed by atoms with E-state index in [0.29, 0.717) is 6.61 Å². The Hall–Kier alpha value is -2.16. The van der Waals surface area contributed by atoms with Gasteiger partial charge in [0.2, 0.25) is 5.69 Å². The third-order valence-electron chi connectivity index (χ3n) is 1.97. The molecule has 1 aromatic rings. The number of hydrogen-bond donors (Lipinski definition) is 2. The van der Waals surface area contributed by atoms with Gasteiger partial charge in [-0.05, 0) is 27.7 Å². The van der Waals surface area contributed by atoms with Gasteiger partial charge in [0.25, 0.3) is 0 Å². The Morgan fingerprint density at radius 1 is 1.40 bits per heavy atom. The number of rotatable bonds is 5. The van der Waals surface area contributed by atoms with Gasteiger partial charge in [0.15, 0.2) is 5.82 Å². The van der Waals surface area contributed by atoms with Crippen LogP contribution in [-0.4, -0.2) is 44.4 Å². The fourth-order valence-corrected chi connectivity index (χ4v) is 1.25. The molecule has 0 spiro atoms. The number of aromatic carboxylic acids is 1. The number of carboxylic acids is 1. The van der Waals surface area contributed by atoms with E-state index in [-0.39, 0.29) is 18.2 Å². The molecule has 0 unspecified atom stereocenters. The molecular formula is C11H18N4O5. The molecule has 0 aromatic carbocycles. The lowest BCUT2D eigenvalue weighted by Gasteiger charge is -2.19. The number of amides is 1. The minimum Gasteiger partial charge on any atom is -0.476 e. The first-order chi connectivity index (χ1) is 9.24. The fourth-order valence-electron chi connectivity index (χ4n) is 1.25. The van der Waals surface area contributed by atoms with Gasteiger partial charge in [0.1, 0.15) is 12.3 Å². The lowest BCUT2D eigenvalue weighted by Crippen LogP contribution is -2.28. The third-order valence-corrected chi connectivity index (χ3v) is 1.97. The number of ether oxygens (including phenoxy) is 2. The highest BCUT2D eigenvalue weighted by Gasteiger charge is 2.23. The lowest BCUT2D eigenvalue weighted by atomic mass is 10.2. The van der Waals surface area contributed by atoms with Crippen molar-refractivity contribution in [1.29, 1.82) is 0 Å². The van der Waals surface area contributed by atoms with E-state index >= 15 is 0 Å². The monoisotopic (exact) mass is 286 g/mol. The van der Waals surface area contributed by atoms with Gasteiger partial charge < -0.3 is 14.6 Å². The molecule has 0 atom stereocenters. The number of hydrogen-bond acceptors (Lipinski definition) is 6. The smallest absolute Gasteiger partial charge is 0.413 e. The zero-order valence-corrected chi connectivity index (χ0v) is 11.8. The van der Waals surface area contributed by atoms with Crippen molar-refractivity contribution < 1.29 is 24.2 Å². The second-order valence-electron chi connectivity index (χ2n) is 4.84. The highest BCUT2D eigenvalue weighted by Crippen LogP contribution is 2.15. The van der Waals surface area contributed by atoms with Crippen LogP contribution in [0.5, 0.6) is 0 Å². The fraction of sp³-hybridized carbons (Fsp3) is 0.636. The van der Waals surface area contributed by atoms with Gasteiger partial charge >= 0.3 is 12.1 Å². The molecule has 1 heterocycles. The number of anilines is 1. The highest BCUT2D eigenvalue weighted by molar-refractivity contribution is 5.95. The van der Waals surface area contributed by atoms with Crippen LogP contribution >= 0.6 is 0 Å².